The molecule has 2 atom stereocenters. The molecule has 0 saturated heterocycles. The Morgan fingerprint density at radius 1 is 1.00 bits per heavy atom. The number of halogens is 1. The van der Waals surface area contributed by atoms with E-state index in [4.69, 9.17) is 16.3 Å². The van der Waals surface area contributed by atoms with Gasteiger partial charge in [-0.2, -0.15) is 0 Å². The Labute approximate surface area is 165 Å². The van der Waals surface area contributed by atoms with Gasteiger partial charge in [0.05, 0.1) is 0 Å². The summed E-state index contributed by atoms with van der Waals surface area (Å²) in [5, 5.41) is 0.145. The summed E-state index contributed by atoms with van der Waals surface area (Å²) < 4.78 is 19.1. The minimum atomic E-state index is -4.22. The van der Waals surface area contributed by atoms with Crippen LogP contribution in [0, 0.1) is 26.7 Å². The molecule has 0 saturated carbocycles. The summed E-state index contributed by atoms with van der Waals surface area (Å²) in [5.74, 6) is -0.183. The Kier molecular flexibility index (Phi) is 6.67. The van der Waals surface area contributed by atoms with E-state index in [1.807, 2.05) is 19.1 Å². The fourth-order valence-corrected chi connectivity index (χ4v) is 5.20. The van der Waals surface area contributed by atoms with Crippen LogP contribution in [0.2, 0.25) is 0 Å². The Balaban J connectivity index is 2.63. The quantitative estimate of drug-likeness (QED) is 0.449. The van der Waals surface area contributed by atoms with E-state index in [0.29, 0.717) is 16.7 Å². The van der Waals surface area contributed by atoms with Crippen molar-refractivity contribution in [2.75, 3.05) is 0 Å². The van der Waals surface area contributed by atoms with E-state index >= 15 is 0 Å². The number of carbonyl (C=O) groups is 2. The zero-order valence-corrected chi connectivity index (χ0v) is 17.8. The minimum Gasteiger partial charge on any atom is -0.440 e. The third-order valence-corrected chi connectivity index (χ3v) is 7.32. The maximum atomic E-state index is 13.9. The molecule has 6 heteroatoms. The monoisotopic (exact) mass is 406 g/mol. The van der Waals surface area contributed by atoms with Gasteiger partial charge in [-0.1, -0.05) is 73.5 Å². The largest absolute Gasteiger partial charge is 0.440 e. The van der Waals surface area contributed by atoms with E-state index in [1.165, 1.54) is 12.1 Å². The lowest BCUT2D eigenvalue weighted by molar-refractivity contribution is 0.106. The first-order chi connectivity index (χ1) is 12.6. The Bertz CT molecular complexity index is 883. The summed E-state index contributed by atoms with van der Waals surface area (Å²) in [6.07, 6.45) is 0. The van der Waals surface area contributed by atoms with Crippen molar-refractivity contribution >= 4 is 35.3 Å². The number of ether oxygens (including phenoxy) is 1. The smallest absolute Gasteiger partial charge is 0.377 e. The van der Waals surface area contributed by atoms with Crippen molar-refractivity contribution in [2.45, 2.75) is 40.2 Å². The molecule has 0 N–H and O–H groups in total. The lowest BCUT2D eigenvalue weighted by Crippen LogP contribution is -2.25. The van der Waals surface area contributed by atoms with Crippen molar-refractivity contribution in [2.24, 2.45) is 5.92 Å². The van der Waals surface area contributed by atoms with Gasteiger partial charge in [0.15, 0.2) is 5.56 Å². The molecule has 0 aliphatic heterocycles. The van der Waals surface area contributed by atoms with E-state index in [0.717, 1.165) is 5.56 Å². The van der Waals surface area contributed by atoms with Gasteiger partial charge in [0.2, 0.25) is 5.52 Å². The van der Waals surface area contributed by atoms with Gasteiger partial charge in [0.1, 0.15) is 0 Å². The molecule has 0 aromatic heterocycles. The first-order valence-corrected chi connectivity index (χ1v) is 10.9. The Morgan fingerprint density at radius 2 is 1.52 bits per heavy atom. The maximum absolute atomic E-state index is 13.9. The Hall–Kier alpha value is -1.90. The summed E-state index contributed by atoms with van der Waals surface area (Å²) in [7, 11) is -4.22. The second-order valence-corrected chi connectivity index (χ2v) is 9.94. The van der Waals surface area contributed by atoms with Crippen LogP contribution in [0.25, 0.3) is 0 Å². The van der Waals surface area contributed by atoms with Crippen LogP contribution in [0.1, 0.15) is 40.9 Å². The van der Waals surface area contributed by atoms with Crippen molar-refractivity contribution in [3.05, 3.63) is 64.7 Å². The molecule has 0 spiro atoms. The highest BCUT2D eigenvalue weighted by atomic mass is 35.5. The molecule has 0 fully saturated rings. The predicted molar refractivity (Wildman–Crippen MR) is 110 cm³/mol. The molecule has 0 aliphatic carbocycles. The molecule has 27 heavy (non-hydrogen) atoms. The van der Waals surface area contributed by atoms with Crippen LogP contribution < -0.4 is 5.30 Å². The summed E-state index contributed by atoms with van der Waals surface area (Å²) in [6, 6.07) is 11.7. The van der Waals surface area contributed by atoms with E-state index in [2.05, 4.69) is 0 Å². The van der Waals surface area contributed by atoms with E-state index < -0.39 is 23.9 Å². The summed E-state index contributed by atoms with van der Waals surface area (Å²) in [6.45, 7) is 9.00. The lowest BCUT2D eigenvalue weighted by atomic mass is 10.0. The van der Waals surface area contributed by atoms with E-state index in [1.54, 1.807) is 45.9 Å². The van der Waals surface area contributed by atoms with Crippen molar-refractivity contribution in [3.63, 3.8) is 0 Å². The van der Waals surface area contributed by atoms with Gasteiger partial charge >= 0.3 is 5.71 Å². The molecule has 0 heterocycles. The molecule has 0 radical (unpaired) electrons. The summed E-state index contributed by atoms with van der Waals surface area (Å²) >= 11 is 6.06. The molecular formula is C21H24ClO4P. The topological polar surface area (TPSA) is 60.4 Å². The summed E-state index contributed by atoms with van der Waals surface area (Å²) in [4.78, 5) is 26.3. The first-order valence-electron chi connectivity index (χ1n) is 8.72. The number of hydrogen-bond acceptors (Lipinski definition) is 4. The average molecular weight is 407 g/mol. The number of alkyl halides is 1. The number of carbonyl (C=O) groups excluding carboxylic acids is 2. The maximum Gasteiger partial charge on any atom is 0.377 e. The van der Waals surface area contributed by atoms with Crippen LogP contribution in [0.3, 0.4) is 0 Å². The van der Waals surface area contributed by atoms with Crippen LogP contribution in [-0.4, -0.2) is 16.8 Å². The highest BCUT2D eigenvalue weighted by molar-refractivity contribution is 8.00. The van der Waals surface area contributed by atoms with Crippen molar-refractivity contribution < 1.29 is 18.9 Å². The second kappa shape index (κ2) is 8.41. The molecule has 2 aromatic carbocycles. The van der Waals surface area contributed by atoms with Gasteiger partial charge in [-0.05, 0) is 31.9 Å². The molecule has 2 rings (SSSR count). The highest BCUT2D eigenvalue weighted by Crippen LogP contribution is 2.51. The van der Waals surface area contributed by atoms with Crippen molar-refractivity contribution in [1.82, 2.24) is 0 Å². The number of benzene rings is 2. The third-order valence-electron chi connectivity index (χ3n) is 4.29. The van der Waals surface area contributed by atoms with Gasteiger partial charge in [-0.25, -0.2) is 4.79 Å². The third kappa shape index (κ3) is 4.34. The molecule has 4 nitrogen and oxygen atoms in total. The fraction of sp³-hybridized carbons (Fsp3) is 0.333. The minimum absolute atomic E-state index is 0.145. The number of hydrogen-bond donors (Lipinski definition) is 0. The molecule has 2 unspecified atom stereocenters. The zero-order chi connectivity index (χ0) is 20.4. The molecular weight excluding hydrogens is 383 g/mol. The fourth-order valence-electron chi connectivity index (χ4n) is 2.92. The van der Waals surface area contributed by atoms with Crippen LogP contribution in [0.15, 0.2) is 42.5 Å². The van der Waals surface area contributed by atoms with E-state index in [-0.39, 0.29) is 11.2 Å². The van der Waals surface area contributed by atoms with Crippen molar-refractivity contribution in [3.8, 4) is 0 Å². The van der Waals surface area contributed by atoms with Gasteiger partial charge in [0, 0.05) is 16.8 Å². The normalized spacial score (nSPS) is 14.5. The SMILES string of the molecule is Cc1cc(C)c(C(=O)P(=O)(C(=O)OC(Cl)C(C)C)c2ccccc2)c(C)c1. The lowest BCUT2D eigenvalue weighted by Gasteiger charge is -2.21. The average Bonchev–Trinajstić information content (AvgIpc) is 2.60. The highest BCUT2D eigenvalue weighted by Gasteiger charge is 2.46. The van der Waals surface area contributed by atoms with E-state index in [9.17, 15) is 14.2 Å². The molecule has 0 bridgehead atoms. The van der Waals surface area contributed by atoms with Crippen LogP contribution in [-0.2, 0) is 9.30 Å². The van der Waals surface area contributed by atoms with Gasteiger partial charge in [0.25, 0.3) is 7.14 Å². The number of rotatable bonds is 6. The van der Waals surface area contributed by atoms with Gasteiger partial charge < -0.3 is 4.74 Å². The van der Waals surface area contributed by atoms with Crippen molar-refractivity contribution in [1.29, 1.82) is 0 Å². The second-order valence-electron chi connectivity index (χ2n) is 7.00. The standard InChI is InChI=1S/C21H24ClO4P/c1-13(2)19(22)26-21(24)27(25,17-9-7-6-8-10-17)20(23)18-15(4)11-14(3)12-16(18)5/h6-13,19H,1-5H3. The zero-order valence-electron chi connectivity index (χ0n) is 16.2. The van der Waals surface area contributed by atoms with Gasteiger partial charge in [-0.3, -0.25) is 9.36 Å². The van der Waals surface area contributed by atoms with Crippen LogP contribution in [0.5, 0.6) is 0 Å². The first kappa shape index (κ1) is 21.4. The predicted octanol–water partition coefficient (Wildman–Crippen LogP) is 5.80. The molecule has 0 amide bonds. The summed E-state index contributed by atoms with van der Waals surface area (Å²) in [5.41, 5.74) is -0.143. The number of aryl methyl sites for hydroxylation is 3. The van der Waals surface area contributed by atoms with Crippen LogP contribution >= 0.6 is 18.7 Å². The molecule has 2 aromatic rings. The van der Waals surface area contributed by atoms with Crippen LogP contribution in [0.4, 0.5) is 4.79 Å². The molecule has 144 valence electrons. The Morgan fingerprint density at radius 3 is 2.00 bits per heavy atom. The molecule has 0 aliphatic rings. The van der Waals surface area contributed by atoms with Gasteiger partial charge in [-0.15, -0.1) is 0 Å².